The monoisotopic (exact) mass is 424 g/mol. The summed E-state index contributed by atoms with van der Waals surface area (Å²) < 4.78 is 0. The normalized spacial score (nSPS) is 23.5. The lowest BCUT2D eigenvalue weighted by molar-refractivity contribution is 0.135. The second-order valence-electron chi connectivity index (χ2n) is 9.10. The Balaban J connectivity index is 1.10. The third-order valence-corrected chi connectivity index (χ3v) is 8.30. The third kappa shape index (κ3) is 3.86. The largest absolute Gasteiger partial charge is 0.297 e. The van der Waals surface area contributed by atoms with Gasteiger partial charge in [-0.2, -0.15) is 0 Å². The van der Waals surface area contributed by atoms with E-state index in [0.717, 1.165) is 23.5 Å². The number of fused-ring (bicyclic) bond motifs is 4. The molecule has 31 heavy (non-hydrogen) atoms. The molecule has 2 bridgehead atoms. The first-order chi connectivity index (χ1) is 15.3. The van der Waals surface area contributed by atoms with Gasteiger partial charge in [0.15, 0.2) is 0 Å². The van der Waals surface area contributed by atoms with Crippen LogP contribution in [0.25, 0.3) is 21.7 Å². The highest BCUT2D eigenvalue weighted by molar-refractivity contribution is 7.99. The zero-order chi connectivity index (χ0) is 20.6. The molecule has 0 aliphatic carbocycles. The minimum Gasteiger partial charge on any atom is -0.297 e. The number of piperidine rings is 1. The smallest absolute Gasteiger partial charge is 0.0702 e. The van der Waals surface area contributed by atoms with Crippen LogP contribution in [0.3, 0.4) is 0 Å². The minimum absolute atomic E-state index is 0.721. The average molecular weight is 425 g/mol. The van der Waals surface area contributed by atoms with Crippen molar-refractivity contribution in [3.05, 3.63) is 84.6 Å². The van der Waals surface area contributed by atoms with Crippen LogP contribution in [0, 0.1) is 0 Å². The highest BCUT2D eigenvalue weighted by Crippen LogP contribution is 2.43. The van der Waals surface area contributed by atoms with Gasteiger partial charge in [0.05, 0.1) is 5.52 Å². The van der Waals surface area contributed by atoms with Gasteiger partial charge in [-0.05, 0) is 72.2 Å². The lowest BCUT2D eigenvalue weighted by atomic mass is 9.84. The van der Waals surface area contributed by atoms with Crippen LogP contribution in [-0.4, -0.2) is 34.3 Å². The zero-order valence-corrected chi connectivity index (χ0v) is 18.6. The molecule has 0 radical (unpaired) electrons. The molecule has 2 nitrogen and oxygen atoms in total. The Labute approximate surface area is 188 Å². The van der Waals surface area contributed by atoms with E-state index in [1.165, 1.54) is 59.0 Å². The van der Waals surface area contributed by atoms with E-state index >= 15 is 0 Å². The number of rotatable bonds is 5. The van der Waals surface area contributed by atoms with E-state index < -0.39 is 0 Å². The topological polar surface area (TPSA) is 16.1 Å². The van der Waals surface area contributed by atoms with E-state index in [2.05, 4.69) is 76.6 Å². The third-order valence-electron chi connectivity index (χ3n) is 7.32. The van der Waals surface area contributed by atoms with Gasteiger partial charge in [-0.3, -0.25) is 9.88 Å². The summed E-state index contributed by atoms with van der Waals surface area (Å²) in [5.41, 5.74) is 2.63. The number of aromatic nitrogens is 1. The lowest BCUT2D eigenvalue weighted by Gasteiger charge is -2.39. The van der Waals surface area contributed by atoms with Gasteiger partial charge >= 0.3 is 0 Å². The Hall–Kier alpha value is -2.36. The van der Waals surface area contributed by atoms with Crippen molar-refractivity contribution >= 4 is 33.4 Å². The van der Waals surface area contributed by atoms with E-state index in [1.807, 2.05) is 24.0 Å². The highest BCUT2D eigenvalue weighted by Gasteiger charge is 2.40. The van der Waals surface area contributed by atoms with Gasteiger partial charge < -0.3 is 0 Å². The maximum Gasteiger partial charge on any atom is 0.0702 e. The second-order valence-corrected chi connectivity index (χ2v) is 10.3. The van der Waals surface area contributed by atoms with E-state index in [-0.39, 0.29) is 0 Å². The number of nitrogens with zero attached hydrogens (tertiary/aromatic N) is 2. The summed E-state index contributed by atoms with van der Waals surface area (Å²) >= 11 is 1.99. The van der Waals surface area contributed by atoms with Crippen LogP contribution < -0.4 is 0 Å². The van der Waals surface area contributed by atoms with Crippen LogP contribution in [0.1, 0.15) is 37.2 Å². The van der Waals surface area contributed by atoms with Crippen LogP contribution >= 0.6 is 11.8 Å². The van der Waals surface area contributed by atoms with Crippen molar-refractivity contribution in [2.45, 2.75) is 48.6 Å². The molecule has 0 saturated carbocycles. The highest BCUT2D eigenvalue weighted by atomic mass is 32.2. The molecule has 3 aromatic carbocycles. The van der Waals surface area contributed by atoms with E-state index in [1.54, 1.807) is 5.56 Å². The maximum absolute atomic E-state index is 4.44. The summed E-state index contributed by atoms with van der Waals surface area (Å²) in [6, 6.07) is 28.3. The predicted octanol–water partition coefficient (Wildman–Crippen LogP) is 6.89. The van der Waals surface area contributed by atoms with Gasteiger partial charge in [-0.25, -0.2) is 0 Å². The van der Waals surface area contributed by atoms with E-state index in [9.17, 15) is 0 Å². The van der Waals surface area contributed by atoms with Gasteiger partial charge in [-0.15, -0.1) is 11.8 Å². The lowest BCUT2D eigenvalue weighted by Crippen LogP contribution is -2.43. The Morgan fingerprint density at radius 3 is 2.48 bits per heavy atom. The molecule has 3 heterocycles. The molecule has 156 valence electrons. The summed E-state index contributed by atoms with van der Waals surface area (Å²) in [5.74, 6) is 1.89. The molecule has 2 saturated heterocycles. The zero-order valence-electron chi connectivity index (χ0n) is 17.8. The standard InChI is InChI=1S/C28H28N2S/c1-2-5-21-16-22(8-7-20(21)4-1)24-17-25-9-10-26(18-24)30(25)14-15-31-27-11-12-28-23(19-27)6-3-13-29-28/h1-8,11-13,16,19,24-26H,9-10,14-15,17-18H2. The summed E-state index contributed by atoms with van der Waals surface area (Å²) in [6.07, 6.45) is 7.26. The first kappa shape index (κ1) is 19.3. The van der Waals surface area contributed by atoms with Crippen LogP contribution in [0.2, 0.25) is 0 Å². The molecule has 2 aliphatic heterocycles. The summed E-state index contributed by atoms with van der Waals surface area (Å²) in [5, 5.41) is 3.98. The summed E-state index contributed by atoms with van der Waals surface area (Å²) in [6.45, 7) is 1.20. The van der Waals surface area contributed by atoms with Crippen molar-refractivity contribution < 1.29 is 0 Å². The fourth-order valence-corrected chi connectivity index (χ4v) is 6.70. The molecule has 2 aliphatic rings. The SMILES string of the molecule is c1ccc2cc(C3CC4CCC(C3)N4CCSc3ccc4ncccc4c3)ccc2c1. The van der Waals surface area contributed by atoms with E-state index in [0.29, 0.717) is 0 Å². The molecule has 3 heteroatoms. The summed E-state index contributed by atoms with van der Waals surface area (Å²) in [7, 11) is 0. The molecular weight excluding hydrogens is 396 g/mol. The molecule has 2 atom stereocenters. The second kappa shape index (κ2) is 8.29. The maximum atomic E-state index is 4.44. The number of benzene rings is 3. The molecule has 0 spiro atoms. The van der Waals surface area contributed by atoms with E-state index in [4.69, 9.17) is 0 Å². The fraction of sp³-hybridized carbons (Fsp3) is 0.321. The van der Waals surface area contributed by atoms with Gasteiger partial charge in [-0.1, -0.05) is 48.5 Å². The van der Waals surface area contributed by atoms with Gasteiger partial charge in [0.25, 0.3) is 0 Å². The van der Waals surface area contributed by atoms with Crippen LogP contribution in [0.4, 0.5) is 0 Å². The molecule has 2 fully saturated rings. The van der Waals surface area contributed by atoms with Crippen molar-refractivity contribution in [3.63, 3.8) is 0 Å². The molecule has 0 N–H and O–H groups in total. The van der Waals surface area contributed by atoms with Crippen LogP contribution in [0.5, 0.6) is 0 Å². The first-order valence-electron chi connectivity index (χ1n) is 11.6. The number of hydrogen-bond acceptors (Lipinski definition) is 3. The Morgan fingerprint density at radius 2 is 1.61 bits per heavy atom. The molecule has 6 rings (SSSR count). The number of hydrogen-bond donors (Lipinski definition) is 0. The van der Waals surface area contributed by atoms with Crippen molar-refractivity contribution in [1.82, 2.24) is 9.88 Å². The Morgan fingerprint density at radius 1 is 0.806 bits per heavy atom. The quantitative estimate of drug-likeness (QED) is 0.325. The molecule has 2 unspecified atom stereocenters. The molecular formula is C28H28N2S. The van der Waals surface area contributed by atoms with Crippen molar-refractivity contribution in [2.75, 3.05) is 12.3 Å². The molecule has 0 amide bonds. The predicted molar refractivity (Wildman–Crippen MR) is 132 cm³/mol. The van der Waals surface area contributed by atoms with Crippen LogP contribution in [-0.2, 0) is 0 Å². The Bertz CT molecular complexity index is 1210. The van der Waals surface area contributed by atoms with Gasteiger partial charge in [0.1, 0.15) is 0 Å². The summed E-state index contributed by atoms with van der Waals surface area (Å²) in [4.78, 5) is 8.62. The van der Waals surface area contributed by atoms with Crippen molar-refractivity contribution in [3.8, 4) is 0 Å². The Kier molecular flexibility index (Phi) is 5.17. The average Bonchev–Trinajstić information content (AvgIpc) is 3.05. The number of thioether (sulfide) groups is 1. The van der Waals surface area contributed by atoms with Gasteiger partial charge in [0, 0.05) is 40.9 Å². The van der Waals surface area contributed by atoms with Gasteiger partial charge in [0.2, 0.25) is 0 Å². The molecule has 1 aromatic heterocycles. The number of pyridine rings is 1. The van der Waals surface area contributed by atoms with Crippen LogP contribution in [0.15, 0.2) is 83.9 Å². The van der Waals surface area contributed by atoms with Crippen molar-refractivity contribution in [1.29, 1.82) is 0 Å². The first-order valence-corrected chi connectivity index (χ1v) is 12.5. The minimum atomic E-state index is 0.721. The fourth-order valence-electron chi connectivity index (χ4n) is 5.79. The molecule has 4 aromatic rings. The van der Waals surface area contributed by atoms with Crippen molar-refractivity contribution in [2.24, 2.45) is 0 Å².